The van der Waals surface area contributed by atoms with E-state index in [9.17, 15) is 4.79 Å². The standard InChI is InChI=1S/C17H24N2O2/c1-3-18-17(13-5-4-8-21-11-13)12-6-7-15-14(9-12)10-16(20)19(15)2/h6-7,9,13,17-18H,3-5,8,10-11H2,1-2H3. The minimum Gasteiger partial charge on any atom is -0.381 e. The van der Waals surface area contributed by atoms with Gasteiger partial charge in [0.15, 0.2) is 0 Å². The van der Waals surface area contributed by atoms with Gasteiger partial charge in [0.05, 0.1) is 13.0 Å². The summed E-state index contributed by atoms with van der Waals surface area (Å²) in [6.45, 7) is 4.80. The molecular weight excluding hydrogens is 264 g/mol. The van der Waals surface area contributed by atoms with Crippen LogP contribution in [0.4, 0.5) is 5.69 Å². The molecule has 4 nitrogen and oxygen atoms in total. The zero-order valence-electron chi connectivity index (χ0n) is 12.9. The summed E-state index contributed by atoms with van der Waals surface area (Å²) in [7, 11) is 1.85. The van der Waals surface area contributed by atoms with Crippen molar-refractivity contribution < 1.29 is 9.53 Å². The van der Waals surface area contributed by atoms with Gasteiger partial charge in [-0.3, -0.25) is 4.79 Å². The average Bonchev–Trinajstić information content (AvgIpc) is 2.80. The van der Waals surface area contributed by atoms with E-state index in [1.165, 1.54) is 12.0 Å². The van der Waals surface area contributed by atoms with Crippen LogP contribution in [0.15, 0.2) is 18.2 Å². The lowest BCUT2D eigenvalue weighted by molar-refractivity contribution is -0.117. The SMILES string of the molecule is CCNC(c1ccc2c(c1)CC(=O)N2C)C1CCCOC1. The normalized spacial score (nSPS) is 23.2. The number of nitrogens with one attached hydrogen (secondary N) is 1. The fourth-order valence-corrected chi connectivity index (χ4v) is 3.49. The number of likely N-dealkylation sites (N-methyl/N-ethyl adjacent to an activating group) is 1. The summed E-state index contributed by atoms with van der Waals surface area (Å²) < 4.78 is 5.66. The molecule has 2 heterocycles. The molecule has 2 aliphatic heterocycles. The average molecular weight is 288 g/mol. The van der Waals surface area contributed by atoms with Crippen LogP contribution in [0.2, 0.25) is 0 Å². The minimum absolute atomic E-state index is 0.183. The monoisotopic (exact) mass is 288 g/mol. The Hall–Kier alpha value is -1.39. The lowest BCUT2D eigenvalue weighted by Crippen LogP contribution is -2.33. The van der Waals surface area contributed by atoms with Crippen LogP contribution in [0.5, 0.6) is 0 Å². The largest absolute Gasteiger partial charge is 0.381 e. The highest BCUT2D eigenvalue weighted by Crippen LogP contribution is 2.34. The molecule has 2 atom stereocenters. The number of hydrogen-bond acceptors (Lipinski definition) is 3. The van der Waals surface area contributed by atoms with Crippen molar-refractivity contribution in [2.24, 2.45) is 5.92 Å². The maximum atomic E-state index is 11.8. The zero-order valence-corrected chi connectivity index (χ0v) is 12.9. The highest BCUT2D eigenvalue weighted by molar-refractivity contribution is 6.00. The molecule has 1 aromatic rings. The summed E-state index contributed by atoms with van der Waals surface area (Å²) in [6.07, 6.45) is 2.87. The Morgan fingerprint density at radius 3 is 3.05 bits per heavy atom. The van der Waals surface area contributed by atoms with Crippen LogP contribution >= 0.6 is 0 Å². The molecule has 0 spiro atoms. The van der Waals surface area contributed by atoms with E-state index in [-0.39, 0.29) is 5.91 Å². The van der Waals surface area contributed by atoms with Gasteiger partial charge in [-0.2, -0.15) is 0 Å². The predicted octanol–water partition coefficient (Wildman–Crippen LogP) is 2.28. The number of benzene rings is 1. The zero-order chi connectivity index (χ0) is 14.8. The fourth-order valence-electron chi connectivity index (χ4n) is 3.49. The molecular formula is C17H24N2O2. The molecule has 3 rings (SSSR count). The summed E-state index contributed by atoms with van der Waals surface area (Å²) in [5, 5.41) is 3.60. The predicted molar refractivity (Wildman–Crippen MR) is 83.5 cm³/mol. The number of anilines is 1. The number of hydrogen-bond donors (Lipinski definition) is 1. The van der Waals surface area contributed by atoms with Crippen LogP contribution in [-0.2, 0) is 16.0 Å². The van der Waals surface area contributed by atoms with Crippen molar-refractivity contribution in [3.63, 3.8) is 0 Å². The van der Waals surface area contributed by atoms with Crippen molar-refractivity contribution in [2.75, 3.05) is 31.7 Å². The quantitative estimate of drug-likeness (QED) is 0.924. The van der Waals surface area contributed by atoms with Crippen molar-refractivity contribution >= 4 is 11.6 Å². The molecule has 2 aliphatic rings. The van der Waals surface area contributed by atoms with Crippen molar-refractivity contribution in [2.45, 2.75) is 32.2 Å². The third-order valence-corrected chi connectivity index (χ3v) is 4.63. The summed E-state index contributed by atoms with van der Waals surface area (Å²) in [5.74, 6) is 0.703. The molecule has 0 bridgehead atoms. The molecule has 0 radical (unpaired) electrons. The lowest BCUT2D eigenvalue weighted by atomic mass is 9.87. The molecule has 114 valence electrons. The topological polar surface area (TPSA) is 41.6 Å². The van der Waals surface area contributed by atoms with Crippen LogP contribution in [0, 0.1) is 5.92 Å². The molecule has 1 saturated heterocycles. The molecule has 4 heteroatoms. The van der Waals surface area contributed by atoms with Gasteiger partial charge in [0.2, 0.25) is 5.91 Å². The summed E-state index contributed by atoms with van der Waals surface area (Å²) in [4.78, 5) is 13.6. The highest BCUT2D eigenvalue weighted by atomic mass is 16.5. The van der Waals surface area contributed by atoms with Crippen LogP contribution in [-0.4, -0.2) is 32.7 Å². The molecule has 1 amide bonds. The number of rotatable bonds is 4. The van der Waals surface area contributed by atoms with Crippen LogP contribution in [0.25, 0.3) is 0 Å². The molecule has 21 heavy (non-hydrogen) atoms. The van der Waals surface area contributed by atoms with Crippen LogP contribution in [0.1, 0.15) is 36.9 Å². The smallest absolute Gasteiger partial charge is 0.231 e. The number of ether oxygens (including phenoxy) is 1. The van der Waals surface area contributed by atoms with Crippen LogP contribution < -0.4 is 10.2 Å². The van der Waals surface area contributed by atoms with Crippen molar-refractivity contribution in [1.29, 1.82) is 0 Å². The first-order valence-electron chi connectivity index (χ1n) is 7.91. The van der Waals surface area contributed by atoms with E-state index >= 15 is 0 Å². The fraction of sp³-hybridized carbons (Fsp3) is 0.588. The minimum atomic E-state index is 0.183. The third-order valence-electron chi connectivity index (χ3n) is 4.63. The Morgan fingerprint density at radius 1 is 1.48 bits per heavy atom. The van der Waals surface area contributed by atoms with E-state index in [1.54, 1.807) is 4.90 Å². The Bertz CT molecular complexity index is 524. The maximum absolute atomic E-state index is 11.8. The molecule has 2 unspecified atom stereocenters. The van der Waals surface area contributed by atoms with Gasteiger partial charge < -0.3 is 15.0 Å². The van der Waals surface area contributed by atoms with Gasteiger partial charge in [-0.25, -0.2) is 0 Å². The Kier molecular flexibility index (Phi) is 4.27. The number of fused-ring (bicyclic) bond motifs is 1. The molecule has 0 aromatic heterocycles. The number of carbonyl (C=O) groups excluding carboxylic acids is 1. The van der Waals surface area contributed by atoms with Gasteiger partial charge in [-0.05, 0) is 36.6 Å². The second-order valence-electron chi connectivity index (χ2n) is 6.03. The van der Waals surface area contributed by atoms with Gasteiger partial charge in [0, 0.05) is 31.3 Å². The van der Waals surface area contributed by atoms with E-state index in [1.807, 2.05) is 7.05 Å². The first-order valence-corrected chi connectivity index (χ1v) is 7.91. The maximum Gasteiger partial charge on any atom is 0.231 e. The second-order valence-corrected chi connectivity index (χ2v) is 6.03. The molecule has 1 N–H and O–H groups in total. The Morgan fingerprint density at radius 2 is 2.33 bits per heavy atom. The lowest BCUT2D eigenvalue weighted by Gasteiger charge is -2.31. The second kappa shape index (κ2) is 6.16. The highest BCUT2D eigenvalue weighted by Gasteiger charge is 2.28. The summed E-state index contributed by atoms with van der Waals surface area (Å²) >= 11 is 0. The summed E-state index contributed by atoms with van der Waals surface area (Å²) in [5.41, 5.74) is 3.49. The molecule has 0 aliphatic carbocycles. The van der Waals surface area contributed by atoms with Gasteiger partial charge >= 0.3 is 0 Å². The molecule has 1 fully saturated rings. The molecule has 1 aromatic carbocycles. The number of nitrogens with zero attached hydrogens (tertiary/aromatic N) is 1. The van der Waals surface area contributed by atoms with Crippen LogP contribution in [0.3, 0.4) is 0 Å². The van der Waals surface area contributed by atoms with E-state index in [4.69, 9.17) is 4.74 Å². The van der Waals surface area contributed by atoms with E-state index < -0.39 is 0 Å². The van der Waals surface area contributed by atoms with Gasteiger partial charge in [-0.15, -0.1) is 0 Å². The van der Waals surface area contributed by atoms with E-state index in [0.717, 1.165) is 37.4 Å². The first-order chi connectivity index (χ1) is 10.2. The van der Waals surface area contributed by atoms with E-state index in [0.29, 0.717) is 18.4 Å². The Balaban J connectivity index is 1.86. The van der Waals surface area contributed by atoms with Gasteiger partial charge in [0.25, 0.3) is 0 Å². The third kappa shape index (κ3) is 2.83. The first kappa shape index (κ1) is 14.5. The van der Waals surface area contributed by atoms with E-state index in [2.05, 4.69) is 30.4 Å². The van der Waals surface area contributed by atoms with Crippen molar-refractivity contribution in [3.05, 3.63) is 29.3 Å². The summed E-state index contributed by atoms with van der Waals surface area (Å²) in [6, 6.07) is 6.78. The van der Waals surface area contributed by atoms with Gasteiger partial charge in [0.1, 0.15) is 0 Å². The van der Waals surface area contributed by atoms with Gasteiger partial charge in [-0.1, -0.05) is 19.1 Å². The number of carbonyl (C=O) groups is 1. The Labute approximate surface area is 126 Å². The molecule has 0 saturated carbocycles. The van der Waals surface area contributed by atoms with Crippen molar-refractivity contribution in [1.82, 2.24) is 5.32 Å². The number of amides is 1. The van der Waals surface area contributed by atoms with Crippen molar-refractivity contribution in [3.8, 4) is 0 Å².